The summed E-state index contributed by atoms with van der Waals surface area (Å²) in [6.07, 6.45) is 2.20. The summed E-state index contributed by atoms with van der Waals surface area (Å²) in [7, 11) is 0. The average molecular weight is 221 g/mol. The predicted molar refractivity (Wildman–Crippen MR) is 72.3 cm³/mol. The number of aromatic amines is 1. The van der Waals surface area contributed by atoms with Crippen molar-refractivity contribution in [3.63, 3.8) is 0 Å². The van der Waals surface area contributed by atoms with Crippen LogP contribution in [0.4, 0.5) is 0 Å². The molecule has 0 saturated heterocycles. The first-order valence-electron chi connectivity index (χ1n) is 6.27. The molecule has 1 heterocycles. The van der Waals surface area contributed by atoms with E-state index in [-0.39, 0.29) is 10.8 Å². The molecular weight excluding hydrogens is 194 g/mol. The molecular formula is C15H27N. The molecule has 0 fully saturated rings. The van der Waals surface area contributed by atoms with E-state index >= 15 is 0 Å². The second-order valence-electron chi connectivity index (χ2n) is 7.15. The van der Waals surface area contributed by atoms with Gasteiger partial charge in [0, 0.05) is 17.3 Å². The molecule has 0 aliphatic rings. The van der Waals surface area contributed by atoms with Crippen molar-refractivity contribution in [1.82, 2.24) is 4.98 Å². The van der Waals surface area contributed by atoms with Crippen molar-refractivity contribution in [2.75, 3.05) is 0 Å². The lowest BCUT2D eigenvalue weighted by molar-refractivity contribution is 0.517. The Morgan fingerprint density at radius 1 is 0.938 bits per heavy atom. The first-order valence-corrected chi connectivity index (χ1v) is 6.27. The lowest BCUT2D eigenvalue weighted by Gasteiger charge is -2.28. The lowest BCUT2D eigenvalue weighted by atomic mass is 9.76. The van der Waals surface area contributed by atoms with Crippen LogP contribution in [0.5, 0.6) is 0 Å². The largest absolute Gasteiger partial charge is 0.364 e. The molecule has 0 amide bonds. The fraction of sp³-hybridized carbons (Fsp3) is 0.733. The van der Waals surface area contributed by atoms with Gasteiger partial charge in [-0.3, -0.25) is 0 Å². The normalized spacial score (nSPS) is 13.6. The Labute approximate surface area is 101 Å². The second-order valence-corrected chi connectivity index (χ2v) is 7.15. The fourth-order valence-electron chi connectivity index (χ4n) is 2.29. The summed E-state index contributed by atoms with van der Waals surface area (Å²) in [5.41, 5.74) is 4.77. The van der Waals surface area contributed by atoms with Gasteiger partial charge >= 0.3 is 0 Å². The average Bonchev–Trinajstić information content (AvgIpc) is 2.43. The van der Waals surface area contributed by atoms with Crippen molar-refractivity contribution in [3.05, 3.63) is 23.0 Å². The zero-order valence-corrected chi connectivity index (χ0v) is 12.2. The Hall–Kier alpha value is -0.720. The van der Waals surface area contributed by atoms with E-state index in [0.717, 1.165) is 0 Å². The Balaban J connectivity index is 3.44. The summed E-state index contributed by atoms with van der Waals surface area (Å²) in [5, 5.41) is 0. The van der Waals surface area contributed by atoms with Crippen molar-refractivity contribution in [3.8, 4) is 0 Å². The minimum Gasteiger partial charge on any atom is -0.364 e. The summed E-state index contributed by atoms with van der Waals surface area (Å²) in [6, 6.07) is 0. The Morgan fingerprint density at radius 3 is 1.75 bits per heavy atom. The standard InChI is InChI=1S/C15H27N/c1-10(2)11-9-16-13(15(6,7)8)12(11)14(3,4)5/h9-10,16H,1-8H3. The first kappa shape index (κ1) is 13.3. The van der Waals surface area contributed by atoms with Crippen molar-refractivity contribution in [2.24, 2.45) is 0 Å². The van der Waals surface area contributed by atoms with E-state index in [1.807, 2.05) is 0 Å². The van der Waals surface area contributed by atoms with Gasteiger partial charge in [0.1, 0.15) is 0 Å². The van der Waals surface area contributed by atoms with Crippen LogP contribution >= 0.6 is 0 Å². The smallest absolute Gasteiger partial charge is 0.0242 e. The van der Waals surface area contributed by atoms with Crippen LogP contribution in [0.15, 0.2) is 6.20 Å². The van der Waals surface area contributed by atoms with Crippen LogP contribution in [-0.4, -0.2) is 4.98 Å². The number of hydrogen-bond acceptors (Lipinski definition) is 0. The molecule has 92 valence electrons. The molecule has 0 aliphatic heterocycles. The minimum atomic E-state index is 0.190. The van der Waals surface area contributed by atoms with E-state index in [4.69, 9.17) is 0 Å². The van der Waals surface area contributed by atoms with Gasteiger partial charge in [0.15, 0.2) is 0 Å². The van der Waals surface area contributed by atoms with Gasteiger partial charge < -0.3 is 4.98 Å². The maximum atomic E-state index is 3.50. The molecule has 0 bridgehead atoms. The molecule has 1 aromatic rings. The zero-order valence-electron chi connectivity index (χ0n) is 12.2. The highest BCUT2D eigenvalue weighted by molar-refractivity contribution is 5.41. The van der Waals surface area contributed by atoms with Crippen LogP contribution in [0, 0.1) is 0 Å². The van der Waals surface area contributed by atoms with Crippen LogP contribution in [0.25, 0.3) is 0 Å². The topological polar surface area (TPSA) is 15.8 Å². The molecule has 0 aliphatic carbocycles. The third kappa shape index (κ3) is 2.50. The molecule has 0 radical (unpaired) electrons. The van der Waals surface area contributed by atoms with E-state index in [1.165, 1.54) is 16.8 Å². The Kier molecular flexibility index (Phi) is 3.29. The Bertz CT molecular complexity index is 356. The molecule has 0 unspecified atom stereocenters. The van der Waals surface area contributed by atoms with E-state index < -0.39 is 0 Å². The Morgan fingerprint density at radius 2 is 1.44 bits per heavy atom. The maximum absolute atomic E-state index is 3.50. The summed E-state index contributed by atoms with van der Waals surface area (Å²) in [5.74, 6) is 0.585. The monoisotopic (exact) mass is 221 g/mol. The number of H-pyrrole nitrogens is 1. The highest BCUT2D eigenvalue weighted by Crippen LogP contribution is 2.38. The van der Waals surface area contributed by atoms with Gasteiger partial charge in [0.25, 0.3) is 0 Å². The molecule has 0 saturated carbocycles. The van der Waals surface area contributed by atoms with Gasteiger partial charge in [0.2, 0.25) is 0 Å². The highest BCUT2D eigenvalue weighted by atomic mass is 14.7. The van der Waals surface area contributed by atoms with Gasteiger partial charge in [0.05, 0.1) is 0 Å². The van der Waals surface area contributed by atoms with E-state index in [0.29, 0.717) is 5.92 Å². The summed E-state index contributed by atoms with van der Waals surface area (Å²) in [6.45, 7) is 18.3. The van der Waals surface area contributed by atoms with E-state index in [1.54, 1.807) is 0 Å². The third-order valence-electron chi connectivity index (χ3n) is 3.03. The van der Waals surface area contributed by atoms with Crippen LogP contribution in [-0.2, 0) is 10.8 Å². The van der Waals surface area contributed by atoms with Crippen LogP contribution < -0.4 is 0 Å². The number of hydrogen-bond donors (Lipinski definition) is 1. The van der Waals surface area contributed by atoms with Crippen molar-refractivity contribution < 1.29 is 0 Å². The van der Waals surface area contributed by atoms with Crippen molar-refractivity contribution in [2.45, 2.75) is 72.1 Å². The number of rotatable bonds is 1. The van der Waals surface area contributed by atoms with E-state index in [9.17, 15) is 0 Å². The van der Waals surface area contributed by atoms with Crippen molar-refractivity contribution >= 4 is 0 Å². The lowest BCUT2D eigenvalue weighted by Crippen LogP contribution is -2.22. The maximum Gasteiger partial charge on any atom is 0.0242 e. The van der Waals surface area contributed by atoms with Gasteiger partial charge in [-0.05, 0) is 22.5 Å². The van der Waals surface area contributed by atoms with Gasteiger partial charge in [-0.25, -0.2) is 0 Å². The summed E-state index contributed by atoms with van der Waals surface area (Å²) >= 11 is 0. The molecule has 1 nitrogen and oxygen atoms in total. The highest BCUT2D eigenvalue weighted by Gasteiger charge is 2.29. The zero-order chi connectivity index (χ0) is 12.7. The molecule has 1 aromatic heterocycles. The van der Waals surface area contributed by atoms with Crippen LogP contribution in [0.3, 0.4) is 0 Å². The molecule has 0 atom stereocenters. The van der Waals surface area contributed by atoms with Crippen molar-refractivity contribution in [1.29, 1.82) is 0 Å². The molecule has 1 rings (SSSR count). The molecule has 1 heteroatoms. The minimum absolute atomic E-state index is 0.190. The van der Waals surface area contributed by atoms with Gasteiger partial charge in [-0.15, -0.1) is 0 Å². The summed E-state index contributed by atoms with van der Waals surface area (Å²) < 4.78 is 0. The second kappa shape index (κ2) is 3.94. The van der Waals surface area contributed by atoms with Gasteiger partial charge in [-0.1, -0.05) is 55.4 Å². The van der Waals surface area contributed by atoms with Crippen LogP contribution in [0.1, 0.15) is 78.1 Å². The third-order valence-corrected chi connectivity index (χ3v) is 3.03. The number of aromatic nitrogens is 1. The van der Waals surface area contributed by atoms with Gasteiger partial charge in [-0.2, -0.15) is 0 Å². The number of nitrogens with one attached hydrogen (secondary N) is 1. The molecule has 1 N–H and O–H groups in total. The van der Waals surface area contributed by atoms with Crippen LogP contribution in [0.2, 0.25) is 0 Å². The van der Waals surface area contributed by atoms with E-state index in [2.05, 4.69) is 66.6 Å². The summed E-state index contributed by atoms with van der Waals surface area (Å²) in [4.78, 5) is 3.50. The molecule has 0 aromatic carbocycles. The SMILES string of the molecule is CC(C)c1c[nH]c(C(C)(C)C)c1C(C)(C)C. The quantitative estimate of drug-likeness (QED) is 0.705. The predicted octanol–water partition coefficient (Wildman–Crippen LogP) is 4.73. The fourth-order valence-corrected chi connectivity index (χ4v) is 2.29. The molecule has 16 heavy (non-hydrogen) atoms. The first-order chi connectivity index (χ1) is 7.05. The molecule has 0 spiro atoms.